The van der Waals surface area contributed by atoms with Crippen LogP contribution in [0.1, 0.15) is 25.1 Å². The largest absolute Gasteiger partial charge is 0.320 e. The minimum Gasteiger partial charge on any atom is -0.320 e. The average Bonchev–Trinajstić information content (AvgIpc) is 2.53. The molecule has 0 amide bonds. The van der Waals surface area contributed by atoms with Crippen LogP contribution in [0, 0.1) is 0 Å². The quantitative estimate of drug-likeness (QED) is 0.756. The van der Waals surface area contributed by atoms with Crippen LogP contribution in [0.2, 0.25) is 0 Å². The minimum atomic E-state index is 0.331. The molecule has 1 heterocycles. The van der Waals surface area contributed by atoms with Crippen molar-refractivity contribution < 1.29 is 0 Å². The first-order valence-electron chi connectivity index (χ1n) is 4.35. The van der Waals surface area contributed by atoms with Crippen LogP contribution in [0.15, 0.2) is 17.5 Å². The molecule has 1 rings (SSSR count). The molecule has 0 fully saturated rings. The summed E-state index contributed by atoms with van der Waals surface area (Å²) in [7, 11) is 2.00. The molecule has 1 aromatic rings. The highest BCUT2D eigenvalue weighted by Gasteiger charge is 2.20. The van der Waals surface area contributed by atoms with Crippen molar-refractivity contribution >= 4 is 11.3 Å². The van der Waals surface area contributed by atoms with Gasteiger partial charge in [0.1, 0.15) is 0 Å². The Kier molecular flexibility index (Phi) is 3.29. The molecule has 0 saturated heterocycles. The lowest BCUT2D eigenvalue weighted by atomic mass is 9.88. The van der Waals surface area contributed by atoms with Crippen molar-refractivity contribution in [2.75, 3.05) is 13.6 Å². The topological polar surface area (TPSA) is 12.0 Å². The standard InChI is InChI=1S/C10H17NS/c1-10(2,6-7-11-3)9-5-4-8-12-9/h4-5,8,11H,6-7H2,1-3H3. The fourth-order valence-corrected chi connectivity index (χ4v) is 2.11. The Morgan fingerprint density at radius 1 is 1.50 bits per heavy atom. The Morgan fingerprint density at radius 3 is 2.75 bits per heavy atom. The second-order valence-corrected chi connectivity index (χ2v) is 4.66. The van der Waals surface area contributed by atoms with E-state index in [1.165, 1.54) is 11.3 Å². The molecule has 0 spiro atoms. The zero-order valence-electron chi connectivity index (χ0n) is 8.05. The highest BCUT2D eigenvalue weighted by atomic mass is 32.1. The van der Waals surface area contributed by atoms with Gasteiger partial charge in [0, 0.05) is 10.3 Å². The van der Waals surface area contributed by atoms with Gasteiger partial charge in [-0.2, -0.15) is 0 Å². The summed E-state index contributed by atoms with van der Waals surface area (Å²) in [6, 6.07) is 4.35. The molecule has 2 heteroatoms. The van der Waals surface area contributed by atoms with E-state index < -0.39 is 0 Å². The van der Waals surface area contributed by atoms with Gasteiger partial charge in [0.2, 0.25) is 0 Å². The smallest absolute Gasteiger partial charge is 0.0102 e. The second-order valence-electron chi connectivity index (χ2n) is 3.71. The van der Waals surface area contributed by atoms with Crippen LogP contribution in [0.5, 0.6) is 0 Å². The van der Waals surface area contributed by atoms with Crippen LogP contribution in [-0.2, 0) is 5.41 Å². The van der Waals surface area contributed by atoms with Crippen LogP contribution < -0.4 is 5.32 Å². The van der Waals surface area contributed by atoms with Gasteiger partial charge in [0.25, 0.3) is 0 Å². The number of rotatable bonds is 4. The summed E-state index contributed by atoms with van der Waals surface area (Å²) in [6.07, 6.45) is 1.20. The molecule has 0 aliphatic heterocycles. The SMILES string of the molecule is CNCCC(C)(C)c1cccs1. The maximum atomic E-state index is 3.19. The summed E-state index contributed by atoms with van der Waals surface area (Å²) in [5, 5.41) is 5.34. The third-order valence-electron chi connectivity index (χ3n) is 2.19. The van der Waals surface area contributed by atoms with Crippen LogP contribution in [0.4, 0.5) is 0 Å². The summed E-state index contributed by atoms with van der Waals surface area (Å²) < 4.78 is 0. The minimum absolute atomic E-state index is 0.331. The summed E-state index contributed by atoms with van der Waals surface area (Å²) in [5.41, 5.74) is 0.331. The van der Waals surface area contributed by atoms with Crippen molar-refractivity contribution in [1.29, 1.82) is 0 Å². The number of thiophene rings is 1. The maximum Gasteiger partial charge on any atom is 0.0102 e. The zero-order chi connectivity index (χ0) is 9.03. The first-order valence-corrected chi connectivity index (χ1v) is 5.23. The van der Waals surface area contributed by atoms with Crippen molar-refractivity contribution in [1.82, 2.24) is 5.32 Å². The van der Waals surface area contributed by atoms with Crippen molar-refractivity contribution in [2.24, 2.45) is 0 Å². The van der Waals surface area contributed by atoms with E-state index in [0.29, 0.717) is 5.41 Å². The predicted molar refractivity (Wildman–Crippen MR) is 55.9 cm³/mol. The second kappa shape index (κ2) is 4.06. The molecule has 68 valence electrons. The first-order chi connectivity index (χ1) is 5.67. The predicted octanol–water partition coefficient (Wildman–Crippen LogP) is 2.64. The molecule has 1 aromatic heterocycles. The van der Waals surface area contributed by atoms with E-state index in [1.54, 1.807) is 0 Å². The highest BCUT2D eigenvalue weighted by Crippen LogP contribution is 2.29. The molecular formula is C10H17NS. The van der Waals surface area contributed by atoms with Crippen LogP contribution >= 0.6 is 11.3 Å². The fourth-order valence-electron chi connectivity index (χ4n) is 1.22. The van der Waals surface area contributed by atoms with E-state index in [2.05, 4.69) is 36.7 Å². The lowest BCUT2D eigenvalue weighted by Gasteiger charge is -2.22. The van der Waals surface area contributed by atoms with E-state index in [1.807, 2.05) is 18.4 Å². The molecule has 0 bridgehead atoms. The van der Waals surface area contributed by atoms with Crippen LogP contribution in [0.3, 0.4) is 0 Å². The van der Waals surface area contributed by atoms with Gasteiger partial charge in [-0.15, -0.1) is 11.3 Å². The molecule has 1 N–H and O–H groups in total. The van der Waals surface area contributed by atoms with Gasteiger partial charge >= 0.3 is 0 Å². The Labute approximate surface area is 78.8 Å². The first kappa shape index (κ1) is 9.75. The Balaban J connectivity index is 2.59. The van der Waals surface area contributed by atoms with Crippen LogP contribution in [0.25, 0.3) is 0 Å². The van der Waals surface area contributed by atoms with Gasteiger partial charge < -0.3 is 5.32 Å². The van der Waals surface area contributed by atoms with Crippen molar-refractivity contribution in [2.45, 2.75) is 25.7 Å². The fraction of sp³-hybridized carbons (Fsp3) is 0.600. The lowest BCUT2D eigenvalue weighted by Crippen LogP contribution is -2.22. The van der Waals surface area contributed by atoms with Crippen molar-refractivity contribution in [3.8, 4) is 0 Å². The molecule has 0 radical (unpaired) electrons. The summed E-state index contributed by atoms with van der Waals surface area (Å²) in [4.78, 5) is 1.48. The average molecular weight is 183 g/mol. The maximum absolute atomic E-state index is 3.19. The van der Waals surface area contributed by atoms with E-state index >= 15 is 0 Å². The molecule has 0 aliphatic carbocycles. The number of hydrogen-bond acceptors (Lipinski definition) is 2. The molecule has 0 aliphatic rings. The molecule has 0 saturated carbocycles. The molecule has 0 atom stereocenters. The third kappa shape index (κ3) is 2.32. The normalized spacial score (nSPS) is 11.9. The lowest BCUT2D eigenvalue weighted by molar-refractivity contribution is 0.477. The van der Waals surface area contributed by atoms with Gasteiger partial charge in [0.05, 0.1) is 0 Å². The van der Waals surface area contributed by atoms with Crippen molar-refractivity contribution in [3.05, 3.63) is 22.4 Å². The summed E-state index contributed by atoms with van der Waals surface area (Å²) in [6.45, 7) is 5.69. The molecule has 1 nitrogen and oxygen atoms in total. The highest BCUT2D eigenvalue weighted by molar-refractivity contribution is 7.10. The monoisotopic (exact) mass is 183 g/mol. The third-order valence-corrected chi connectivity index (χ3v) is 3.42. The number of hydrogen-bond donors (Lipinski definition) is 1. The molecular weight excluding hydrogens is 166 g/mol. The van der Waals surface area contributed by atoms with Gasteiger partial charge in [-0.1, -0.05) is 19.9 Å². The molecule has 0 unspecified atom stereocenters. The molecule has 0 aromatic carbocycles. The van der Waals surface area contributed by atoms with Gasteiger partial charge in [-0.05, 0) is 31.5 Å². The summed E-state index contributed by atoms with van der Waals surface area (Å²) >= 11 is 1.85. The van der Waals surface area contributed by atoms with E-state index in [9.17, 15) is 0 Å². The summed E-state index contributed by atoms with van der Waals surface area (Å²) in [5.74, 6) is 0. The van der Waals surface area contributed by atoms with Crippen LogP contribution in [-0.4, -0.2) is 13.6 Å². The Hall–Kier alpha value is -0.340. The van der Waals surface area contributed by atoms with Gasteiger partial charge in [-0.3, -0.25) is 0 Å². The van der Waals surface area contributed by atoms with Crippen molar-refractivity contribution in [3.63, 3.8) is 0 Å². The number of nitrogens with one attached hydrogen (secondary N) is 1. The van der Waals surface area contributed by atoms with E-state index in [4.69, 9.17) is 0 Å². The zero-order valence-corrected chi connectivity index (χ0v) is 8.87. The van der Waals surface area contributed by atoms with E-state index in [-0.39, 0.29) is 0 Å². The van der Waals surface area contributed by atoms with Gasteiger partial charge in [-0.25, -0.2) is 0 Å². The Morgan fingerprint density at radius 2 is 2.25 bits per heavy atom. The Bertz CT molecular complexity index is 214. The van der Waals surface area contributed by atoms with Gasteiger partial charge in [0.15, 0.2) is 0 Å². The van der Waals surface area contributed by atoms with E-state index in [0.717, 1.165) is 6.54 Å². The molecule has 12 heavy (non-hydrogen) atoms.